The fourth-order valence-electron chi connectivity index (χ4n) is 1.33. The van der Waals surface area contributed by atoms with Gasteiger partial charge < -0.3 is 5.73 Å². The van der Waals surface area contributed by atoms with E-state index in [1.165, 1.54) is 4.88 Å². The summed E-state index contributed by atoms with van der Waals surface area (Å²) >= 11 is 8.52. The first-order chi connectivity index (χ1) is 7.16. The fraction of sp³-hybridized carbons (Fsp3) is 0.0909. The van der Waals surface area contributed by atoms with Crippen molar-refractivity contribution in [1.29, 1.82) is 0 Å². The summed E-state index contributed by atoms with van der Waals surface area (Å²) in [5.41, 5.74) is 7.29. The molecule has 15 heavy (non-hydrogen) atoms. The average Bonchev–Trinajstić information content (AvgIpc) is 2.65. The molecule has 1 aromatic carbocycles. The zero-order chi connectivity index (χ0) is 10.8. The zero-order valence-electron chi connectivity index (χ0n) is 7.78. The molecule has 0 aliphatic rings. The number of hydrogen-bond acceptors (Lipinski definition) is 2. The molecule has 1 atom stereocenters. The van der Waals surface area contributed by atoms with Gasteiger partial charge in [-0.25, -0.2) is 0 Å². The van der Waals surface area contributed by atoms with Gasteiger partial charge in [0.15, 0.2) is 0 Å². The monoisotopic (exact) mass is 345 g/mol. The van der Waals surface area contributed by atoms with Crippen LogP contribution in [0.5, 0.6) is 0 Å². The summed E-state index contributed by atoms with van der Waals surface area (Å²) < 4.78 is 2.19. The van der Waals surface area contributed by atoms with Crippen molar-refractivity contribution in [3.05, 3.63) is 55.1 Å². The molecule has 0 saturated heterocycles. The number of hydrogen-bond donors (Lipinski definition) is 1. The summed E-state index contributed by atoms with van der Waals surface area (Å²) in [6, 6.07) is 12.2. The van der Waals surface area contributed by atoms with Crippen molar-refractivity contribution in [3.63, 3.8) is 0 Å². The summed E-state index contributed by atoms with van der Waals surface area (Å²) in [5, 5.41) is 0. The van der Waals surface area contributed by atoms with Gasteiger partial charge in [0.2, 0.25) is 0 Å². The van der Waals surface area contributed by atoms with Gasteiger partial charge in [0.1, 0.15) is 0 Å². The Labute approximate surface area is 110 Å². The second-order valence-electron chi connectivity index (χ2n) is 3.17. The third-order valence-corrected chi connectivity index (χ3v) is 4.37. The van der Waals surface area contributed by atoms with Crippen LogP contribution in [0, 0.1) is 0 Å². The van der Waals surface area contributed by atoms with Crippen LogP contribution >= 0.6 is 43.2 Å². The predicted molar refractivity (Wildman–Crippen MR) is 72.2 cm³/mol. The molecule has 0 aliphatic heterocycles. The van der Waals surface area contributed by atoms with Gasteiger partial charge in [-0.2, -0.15) is 0 Å². The van der Waals surface area contributed by atoms with Crippen LogP contribution in [0.25, 0.3) is 0 Å². The Morgan fingerprint density at radius 1 is 1.00 bits per heavy atom. The highest BCUT2D eigenvalue weighted by molar-refractivity contribution is 9.11. The van der Waals surface area contributed by atoms with Gasteiger partial charge in [-0.3, -0.25) is 0 Å². The van der Waals surface area contributed by atoms with Crippen molar-refractivity contribution in [3.8, 4) is 0 Å². The van der Waals surface area contributed by atoms with Crippen molar-refractivity contribution in [1.82, 2.24) is 0 Å². The van der Waals surface area contributed by atoms with Crippen LogP contribution in [0.15, 0.2) is 44.7 Å². The molecule has 0 spiro atoms. The summed E-state index contributed by atoms with van der Waals surface area (Å²) in [4.78, 5) is 1.17. The number of thiophene rings is 1. The van der Waals surface area contributed by atoms with E-state index in [1.54, 1.807) is 11.3 Å². The molecule has 78 valence electrons. The normalized spacial score (nSPS) is 12.7. The Morgan fingerprint density at radius 2 is 1.67 bits per heavy atom. The van der Waals surface area contributed by atoms with Crippen molar-refractivity contribution in [2.24, 2.45) is 5.73 Å². The second kappa shape index (κ2) is 4.78. The highest BCUT2D eigenvalue weighted by Crippen LogP contribution is 2.30. The Hall–Kier alpha value is -0.160. The molecular weight excluding hydrogens is 338 g/mol. The molecule has 2 aromatic rings. The minimum absolute atomic E-state index is 0.0330. The molecule has 0 amide bonds. The van der Waals surface area contributed by atoms with Gasteiger partial charge in [0.25, 0.3) is 0 Å². The van der Waals surface area contributed by atoms with E-state index in [1.807, 2.05) is 30.3 Å². The Balaban J connectivity index is 2.28. The minimum Gasteiger partial charge on any atom is -0.320 e. The van der Waals surface area contributed by atoms with E-state index in [-0.39, 0.29) is 6.04 Å². The lowest BCUT2D eigenvalue weighted by Gasteiger charge is -2.09. The minimum atomic E-state index is -0.0330. The lowest BCUT2D eigenvalue weighted by atomic mass is 10.1. The van der Waals surface area contributed by atoms with Crippen LogP contribution < -0.4 is 5.73 Å². The van der Waals surface area contributed by atoms with Crippen LogP contribution in [0.2, 0.25) is 0 Å². The zero-order valence-corrected chi connectivity index (χ0v) is 11.8. The van der Waals surface area contributed by atoms with Gasteiger partial charge in [-0.1, -0.05) is 28.1 Å². The molecule has 0 radical (unpaired) electrons. The van der Waals surface area contributed by atoms with E-state index in [0.717, 1.165) is 13.8 Å². The maximum atomic E-state index is 6.15. The maximum Gasteiger partial charge on any atom is 0.0702 e. The number of nitrogens with two attached hydrogens (primary N) is 1. The van der Waals surface area contributed by atoms with Gasteiger partial charge in [0, 0.05) is 9.35 Å². The fourth-order valence-corrected chi connectivity index (χ4v) is 3.05. The second-order valence-corrected chi connectivity index (χ2v) is 6.58. The van der Waals surface area contributed by atoms with Gasteiger partial charge >= 0.3 is 0 Å². The molecule has 0 bridgehead atoms. The number of benzene rings is 1. The first kappa shape index (κ1) is 11.3. The molecular formula is C11H9Br2NS. The van der Waals surface area contributed by atoms with Crippen LogP contribution in [0.1, 0.15) is 16.5 Å². The molecule has 1 nitrogen and oxygen atoms in total. The molecule has 1 unspecified atom stereocenters. The Morgan fingerprint density at radius 3 is 2.20 bits per heavy atom. The van der Waals surface area contributed by atoms with Crippen LogP contribution in [-0.2, 0) is 0 Å². The van der Waals surface area contributed by atoms with Crippen LogP contribution in [0.3, 0.4) is 0 Å². The lowest BCUT2D eigenvalue weighted by Crippen LogP contribution is -2.09. The summed E-state index contributed by atoms with van der Waals surface area (Å²) in [5.74, 6) is 0. The SMILES string of the molecule is NC(c1ccc(Br)cc1)c1ccc(Br)s1. The van der Waals surface area contributed by atoms with Crippen LogP contribution in [-0.4, -0.2) is 0 Å². The summed E-state index contributed by atoms with van der Waals surface area (Å²) in [6.07, 6.45) is 0. The molecule has 0 aliphatic carbocycles. The largest absolute Gasteiger partial charge is 0.320 e. The molecule has 1 heterocycles. The quantitative estimate of drug-likeness (QED) is 0.860. The third-order valence-electron chi connectivity index (χ3n) is 2.13. The van der Waals surface area contributed by atoms with Crippen molar-refractivity contribution < 1.29 is 0 Å². The van der Waals surface area contributed by atoms with Gasteiger partial charge in [0.05, 0.1) is 9.83 Å². The van der Waals surface area contributed by atoms with Crippen molar-refractivity contribution in [2.45, 2.75) is 6.04 Å². The lowest BCUT2D eigenvalue weighted by molar-refractivity contribution is 0.893. The van der Waals surface area contributed by atoms with E-state index in [2.05, 4.69) is 37.9 Å². The summed E-state index contributed by atoms with van der Waals surface area (Å²) in [6.45, 7) is 0. The topological polar surface area (TPSA) is 26.0 Å². The molecule has 0 saturated carbocycles. The standard InChI is InChI=1S/C11H9Br2NS/c12-8-3-1-7(2-4-8)11(14)9-5-6-10(13)15-9/h1-6,11H,14H2. The van der Waals surface area contributed by atoms with E-state index in [4.69, 9.17) is 5.73 Å². The molecule has 0 fully saturated rings. The number of halogens is 2. The van der Waals surface area contributed by atoms with Crippen molar-refractivity contribution in [2.75, 3.05) is 0 Å². The van der Waals surface area contributed by atoms with Gasteiger partial charge in [-0.15, -0.1) is 11.3 Å². The Bertz CT molecular complexity index is 450. The average molecular weight is 347 g/mol. The van der Waals surface area contributed by atoms with Crippen LogP contribution in [0.4, 0.5) is 0 Å². The smallest absolute Gasteiger partial charge is 0.0702 e. The third kappa shape index (κ3) is 2.69. The van der Waals surface area contributed by atoms with Gasteiger partial charge in [-0.05, 0) is 45.8 Å². The molecule has 1 aromatic heterocycles. The first-order valence-electron chi connectivity index (χ1n) is 4.43. The Kier molecular flexibility index (Phi) is 3.61. The summed E-state index contributed by atoms with van der Waals surface area (Å²) in [7, 11) is 0. The first-order valence-corrected chi connectivity index (χ1v) is 6.83. The highest BCUT2D eigenvalue weighted by atomic mass is 79.9. The van der Waals surface area contributed by atoms with E-state index < -0.39 is 0 Å². The molecule has 2 rings (SSSR count). The van der Waals surface area contributed by atoms with Crippen molar-refractivity contribution >= 4 is 43.2 Å². The molecule has 2 N–H and O–H groups in total. The van der Waals surface area contributed by atoms with E-state index in [9.17, 15) is 0 Å². The predicted octanol–water partition coefficient (Wildman–Crippen LogP) is 4.32. The highest BCUT2D eigenvalue weighted by Gasteiger charge is 2.10. The van der Waals surface area contributed by atoms with E-state index in [0.29, 0.717) is 0 Å². The maximum absolute atomic E-state index is 6.15. The molecule has 4 heteroatoms. The number of rotatable bonds is 2. The van der Waals surface area contributed by atoms with E-state index >= 15 is 0 Å².